The van der Waals surface area contributed by atoms with E-state index in [0.717, 1.165) is 6.07 Å². The number of aromatic hydroxyl groups is 1. The third kappa shape index (κ3) is 3.05. The van der Waals surface area contributed by atoms with Gasteiger partial charge in [-0.2, -0.15) is 13.7 Å². The highest BCUT2D eigenvalue weighted by molar-refractivity contribution is 7.85. The Balaban J connectivity index is 2.27. The van der Waals surface area contributed by atoms with Crippen LogP contribution in [0.2, 0.25) is 0 Å². The smallest absolute Gasteiger partial charge is 0.357 e. The van der Waals surface area contributed by atoms with E-state index in [4.69, 9.17) is 20.3 Å². The number of carbonyl (C=O) groups excluding carboxylic acids is 1. The quantitative estimate of drug-likeness (QED) is 0.454. The molecule has 0 aliphatic carbocycles. The number of phenols is 1. The number of rotatable bonds is 3. The van der Waals surface area contributed by atoms with Crippen LogP contribution in [0, 0.1) is 11.3 Å². The van der Waals surface area contributed by atoms with Gasteiger partial charge in [-0.15, -0.1) is 0 Å². The molecule has 0 saturated heterocycles. The van der Waals surface area contributed by atoms with E-state index in [1.54, 1.807) is 0 Å². The van der Waals surface area contributed by atoms with E-state index >= 15 is 0 Å². The lowest BCUT2D eigenvalue weighted by Crippen LogP contribution is -2.11. The number of ether oxygens (including phenoxy) is 1. The lowest BCUT2D eigenvalue weighted by Gasteiger charge is -2.11. The highest BCUT2D eigenvalue weighted by Gasteiger charge is 2.22. The van der Waals surface area contributed by atoms with E-state index in [9.17, 15) is 18.3 Å². The minimum absolute atomic E-state index is 0.0459. The van der Waals surface area contributed by atoms with Crippen molar-refractivity contribution in [2.24, 2.45) is 0 Å². The fraction of sp³-hybridized carbons (Fsp3) is 0.0588. The number of hydrogen-bond donors (Lipinski definition) is 3. The molecule has 9 nitrogen and oxygen atoms in total. The maximum atomic E-state index is 12.1. The summed E-state index contributed by atoms with van der Waals surface area (Å²) in [5, 5.41) is 19.9. The zero-order chi connectivity index (χ0) is 19.9. The van der Waals surface area contributed by atoms with Gasteiger partial charge in [0.25, 0.3) is 10.1 Å². The van der Waals surface area contributed by atoms with Crippen LogP contribution >= 0.6 is 0 Å². The van der Waals surface area contributed by atoms with Crippen molar-refractivity contribution in [1.29, 1.82) is 5.26 Å². The van der Waals surface area contributed by atoms with Gasteiger partial charge in [-0.25, -0.2) is 4.79 Å². The van der Waals surface area contributed by atoms with Gasteiger partial charge in [0.15, 0.2) is 5.69 Å². The largest absolute Gasteiger partial charge is 0.507 e. The molecule has 138 valence electrons. The summed E-state index contributed by atoms with van der Waals surface area (Å²) in [5.74, 6) is -1.14. The fourth-order valence-electron chi connectivity index (χ4n) is 2.72. The van der Waals surface area contributed by atoms with Crippen molar-refractivity contribution in [1.82, 2.24) is 4.57 Å². The van der Waals surface area contributed by atoms with Crippen molar-refractivity contribution in [2.45, 2.75) is 4.90 Å². The van der Waals surface area contributed by atoms with Crippen LogP contribution < -0.4 is 5.73 Å². The van der Waals surface area contributed by atoms with Gasteiger partial charge < -0.3 is 20.1 Å². The molecule has 3 aromatic rings. The molecule has 0 radical (unpaired) electrons. The number of nitrogen functional groups attached to an aromatic ring is 1. The van der Waals surface area contributed by atoms with Crippen LogP contribution in [0.5, 0.6) is 5.75 Å². The maximum absolute atomic E-state index is 12.1. The van der Waals surface area contributed by atoms with Crippen molar-refractivity contribution < 1.29 is 27.6 Å². The first-order valence-electron chi connectivity index (χ1n) is 7.41. The molecule has 1 aromatic heterocycles. The van der Waals surface area contributed by atoms with E-state index in [1.165, 1.54) is 42.1 Å². The Labute approximate surface area is 153 Å². The third-order valence-electron chi connectivity index (χ3n) is 4.01. The van der Waals surface area contributed by atoms with Gasteiger partial charge in [-0.05, 0) is 23.6 Å². The monoisotopic (exact) mass is 387 g/mol. The standard InChI is InChI=1S/C17H13N3O6S/c1-26-17(22)16-15(19)10(7-18)8-20(16)11-3-2-9-4-12(27(23,24)25)6-14(21)13(9)5-11/h2-6,8,21H,19H2,1H3,(H,23,24,25). The number of nitrogens with two attached hydrogens (primary N) is 1. The summed E-state index contributed by atoms with van der Waals surface area (Å²) in [6.45, 7) is 0. The Morgan fingerprint density at radius 3 is 2.59 bits per heavy atom. The normalized spacial score (nSPS) is 11.3. The second kappa shape index (κ2) is 6.31. The van der Waals surface area contributed by atoms with Crippen molar-refractivity contribution >= 4 is 32.5 Å². The molecule has 2 aromatic carbocycles. The molecule has 0 bridgehead atoms. The summed E-state index contributed by atoms with van der Waals surface area (Å²) >= 11 is 0. The lowest BCUT2D eigenvalue weighted by atomic mass is 10.1. The number of nitrogens with zero attached hydrogens (tertiary/aromatic N) is 2. The van der Waals surface area contributed by atoms with E-state index in [1.807, 2.05) is 6.07 Å². The zero-order valence-electron chi connectivity index (χ0n) is 13.9. The van der Waals surface area contributed by atoms with E-state index < -0.39 is 21.0 Å². The second-order valence-electron chi connectivity index (χ2n) is 5.60. The third-order valence-corrected chi connectivity index (χ3v) is 4.84. The number of aromatic nitrogens is 1. The van der Waals surface area contributed by atoms with E-state index in [0.29, 0.717) is 11.1 Å². The van der Waals surface area contributed by atoms with Crippen LogP contribution in [-0.2, 0) is 14.9 Å². The highest BCUT2D eigenvalue weighted by atomic mass is 32.2. The van der Waals surface area contributed by atoms with Gasteiger partial charge in [-0.3, -0.25) is 4.55 Å². The molecule has 0 atom stereocenters. The molecule has 0 fully saturated rings. The highest BCUT2D eigenvalue weighted by Crippen LogP contribution is 2.32. The van der Waals surface area contributed by atoms with E-state index in [-0.39, 0.29) is 28.1 Å². The molecule has 0 spiro atoms. The fourth-order valence-corrected chi connectivity index (χ4v) is 3.25. The van der Waals surface area contributed by atoms with Crippen LogP contribution in [-0.4, -0.2) is 35.7 Å². The average molecular weight is 387 g/mol. The molecule has 10 heteroatoms. The van der Waals surface area contributed by atoms with Gasteiger partial charge in [0.2, 0.25) is 0 Å². The second-order valence-corrected chi connectivity index (χ2v) is 7.02. The minimum Gasteiger partial charge on any atom is -0.507 e. The number of methoxy groups -OCH3 is 1. The molecule has 0 aliphatic heterocycles. The molecule has 3 rings (SSSR count). The topological polar surface area (TPSA) is 156 Å². The number of nitriles is 1. The van der Waals surface area contributed by atoms with Crippen LogP contribution in [0.15, 0.2) is 41.4 Å². The molecule has 0 saturated carbocycles. The molecule has 1 heterocycles. The van der Waals surface area contributed by atoms with Gasteiger partial charge in [0.05, 0.1) is 23.3 Å². The summed E-state index contributed by atoms with van der Waals surface area (Å²) in [6, 6.07) is 8.48. The summed E-state index contributed by atoms with van der Waals surface area (Å²) in [5.41, 5.74) is 6.20. The van der Waals surface area contributed by atoms with Crippen molar-refractivity contribution in [3.05, 3.63) is 47.8 Å². The summed E-state index contributed by atoms with van der Waals surface area (Å²) in [6.07, 6.45) is 1.35. The van der Waals surface area contributed by atoms with Gasteiger partial charge >= 0.3 is 5.97 Å². The molecule has 27 heavy (non-hydrogen) atoms. The Morgan fingerprint density at radius 1 is 1.30 bits per heavy atom. The minimum atomic E-state index is -4.49. The maximum Gasteiger partial charge on any atom is 0.357 e. The SMILES string of the molecule is COC(=O)c1c(N)c(C#N)cn1-c1ccc2cc(S(=O)(=O)O)cc(O)c2c1. The van der Waals surface area contributed by atoms with Gasteiger partial charge in [0, 0.05) is 23.3 Å². The number of fused-ring (bicyclic) bond motifs is 1. The molecule has 0 unspecified atom stereocenters. The number of benzene rings is 2. The first-order chi connectivity index (χ1) is 12.7. The molecular weight excluding hydrogens is 374 g/mol. The molecule has 0 amide bonds. The van der Waals surface area contributed by atoms with Gasteiger partial charge in [0.1, 0.15) is 11.8 Å². The molecular formula is C17H13N3O6S. The van der Waals surface area contributed by atoms with Gasteiger partial charge in [-0.1, -0.05) is 6.07 Å². The van der Waals surface area contributed by atoms with Crippen molar-refractivity contribution in [3.8, 4) is 17.5 Å². The Morgan fingerprint density at radius 2 is 2.00 bits per heavy atom. The van der Waals surface area contributed by atoms with Crippen molar-refractivity contribution in [3.63, 3.8) is 0 Å². The average Bonchev–Trinajstić information content (AvgIpc) is 2.96. The van der Waals surface area contributed by atoms with Crippen LogP contribution in [0.1, 0.15) is 16.1 Å². The number of hydrogen-bond acceptors (Lipinski definition) is 7. The van der Waals surface area contributed by atoms with Crippen LogP contribution in [0.4, 0.5) is 5.69 Å². The predicted molar refractivity (Wildman–Crippen MR) is 95.2 cm³/mol. The Bertz CT molecular complexity index is 1240. The van der Waals surface area contributed by atoms with Crippen LogP contribution in [0.3, 0.4) is 0 Å². The number of esters is 1. The Kier molecular flexibility index (Phi) is 4.27. The van der Waals surface area contributed by atoms with E-state index in [2.05, 4.69) is 0 Å². The zero-order valence-corrected chi connectivity index (χ0v) is 14.7. The predicted octanol–water partition coefficient (Wildman–Crippen LogP) is 1.82. The summed E-state index contributed by atoms with van der Waals surface area (Å²) < 4.78 is 37.8. The summed E-state index contributed by atoms with van der Waals surface area (Å²) in [7, 11) is -3.31. The number of anilines is 1. The number of phenolic OH excluding ortho intramolecular Hbond substituents is 1. The molecule has 0 aliphatic rings. The van der Waals surface area contributed by atoms with Crippen LogP contribution in [0.25, 0.3) is 16.5 Å². The number of carbonyl (C=O) groups is 1. The first-order valence-corrected chi connectivity index (χ1v) is 8.85. The molecule has 4 N–H and O–H groups in total. The summed E-state index contributed by atoms with van der Waals surface area (Å²) in [4.78, 5) is 11.6. The Hall–Kier alpha value is -3.55. The first kappa shape index (κ1) is 18.2. The van der Waals surface area contributed by atoms with Crippen molar-refractivity contribution in [2.75, 3.05) is 12.8 Å². The lowest BCUT2D eigenvalue weighted by molar-refractivity contribution is 0.0593.